The zero-order chi connectivity index (χ0) is 22.2. The third-order valence-corrected chi connectivity index (χ3v) is 5.00. The highest BCUT2D eigenvalue weighted by Gasteiger charge is 2.24. The Bertz CT molecular complexity index is 1120. The van der Waals surface area contributed by atoms with Gasteiger partial charge in [0, 0.05) is 27.5 Å². The quantitative estimate of drug-likeness (QED) is 0.528. The maximum absolute atomic E-state index is 12.9. The minimum atomic E-state index is -0.681. The van der Waals surface area contributed by atoms with E-state index in [0.717, 1.165) is 10.0 Å². The molecule has 0 saturated heterocycles. The van der Waals surface area contributed by atoms with Gasteiger partial charge < -0.3 is 10.6 Å². The Balaban J connectivity index is 1.70. The van der Waals surface area contributed by atoms with Gasteiger partial charge in [0.2, 0.25) is 5.91 Å². The molecule has 2 N–H and O–H groups in total. The average Bonchev–Trinajstić information content (AvgIpc) is 2.77. The molecule has 6 heteroatoms. The molecule has 2 aromatic carbocycles. The molecule has 1 heterocycles. The lowest BCUT2D eigenvalue weighted by atomic mass is 10.0. The summed E-state index contributed by atoms with van der Waals surface area (Å²) in [4.78, 5) is 29.6. The number of pyridine rings is 1. The SMILES string of the molecule is CC(C)C(NC(=O)c1ccc(Br)cc1)C(=O)Nc1cccc(C#Cc2ccccn2)c1. The number of carbonyl (C=O) groups excluding carboxylic acids is 2. The standard InChI is InChI=1S/C25H22BrN3O2/c1-17(2)23(29-24(30)19-10-12-20(26)13-11-19)25(31)28-22-8-5-6-18(16-22)9-14-21-7-3-4-15-27-21/h3-8,10-13,15-17,23H,1-2H3,(H,28,31)(H,29,30). The Morgan fingerprint density at radius 2 is 1.74 bits per heavy atom. The number of nitrogens with one attached hydrogen (secondary N) is 2. The van der Waals surface area contributed by atoms with E-state index in [9.17, 15) is 9.59 Å². The number of anilines is 1. The molecule has 31 heavy (non-hydrogen) atoms. The molecule has 1 unspecified atom stereocenters. The first-order chi connectivity index (χ1) is 14.9. The summed E-state index contributed by atoms with van der Waals surface area (Å²) < 4.78 is 0.883. The van der Waals surface area contributed by atoms with Gasteiger partial charge in [-0.2, -0.15) is 0 Å². The normalized spacial score (nSPS) is 11.2. The maximum Gasteiger partial charge on any atom is 0.251 e. The van der Waals surface area contributed by atoms with Crippen LogP contribution in [0.4, 0.5) is 5.69 Å². The molecule has 0 saturated carbocycles. The van der Waals surface area contributed by atoms with Crippen molar-refractivity contribution in [3.05, 3.63) is 94.2 Å². The van der Waals surface area contributed by atoms with Crippen molar-refractivity contribution in [2.45, 2.75) is 19.9 Å². The van der Waals surface area contributed by atoms with Crippen molar-refractivity contribution in [2.24, 2.45) is 5.92 Å². The molecule has 0 spiro atoms. The van der Waals surface area contributed by atoms with Crippen molar-refractivity contribution in [2.75, 3.05) is 5.32 Å². The van der Waals surface area contributed by atoms with E-state index in [2.05, 4.69) is 43.4 Å². The minimum Gasteiger partial charge on any atom is -0.340 e. The first-order valence-corrected chi connectivity index (χ1v) is 10.6. The number of hydrogen-bond donors (Lipinski definition) is 2. The summed E-state index contributed by atoms with van der Waals surface area (Å²) in [5.41, 5.74) is 2.53. The fourth-order valence-corrected chi connectivity index (χ4v) is 3.09. The molecule has 1 aromatic heterocycles. The van der Waals surface area contributed by atoms with Gasteiger partial charge in [-0.3, -0.25) is 9.59 Å². The molecule has 0 radical (unpaired) electrons. The zero-order valence-corrected chi connectivity index (χ0v) is 18.8. The Kier molecular flexibility index (Phi) is 7.58. The summed E-state index contributed by atoms with van der Waals surface area (Å²) >= 11 is 3.35. The number of benzene rings is 2. The second-order valence-corrected chi connectivity index (χ2v) is 8.15. The van der Waals surface area contributed by atoms with Crippen LogP contribution in [-0.4, -0.2) is 22.8 Å². The van der Waals surface area contributed by atoms with Crippen molar-refractivity contribution in [3.8, 4) is 11.8 Å². The van der Waals surface area contributed by atoms with Crippen LogP contribution in [0.15, 0.2) is 77.4 Å². The molecule has 5 nitrogen and oxygen atoms in total. The van der Waals surface area contributed by atoms with Crippen LogP contribution in [-0.2, 0) is 4.79 Å². The van der Waals surface area contributed by atoms with Gasteiger partial charge >= 0.3 is 0 Å². The summed E-state index contributed by atoms with van der Waals surface area (Å²) in [6.07, 6.45) is 1.69. The van der Waals surface area contributed by atoms with Crippen LogP contribution >= 0.6 is 15.9 Å². The fourth-order valence-electron chi connectivity index (χ4n) is 2.83. The van der Waals surface area contributed by atoms with Crippen LogP contribution in [0.2, 0.25) is 0 Å². The average molecular weight is 476 g/mol. The Morgan fingerprint density at radius 1 is 0.968 bits per heavy atom. The van der Waals surface area contributed by atoms with Crippen LogP contribution in [0, 0.1) is 17.8 Å². The Hall–Kier alpha value is -3.43. The van der Waals surface area contributed by atoms with Crippen molar-refractivity contribution in [1.82, 2.24) is 10.3 Å². The summed E-state index contributed by atoms with van der Waals surface area (Å²) in [5, 5.41) is 5.71. The molecule has 0 bridgehead atoms. The van der Waals surface area contributed by atoms with Crippen molar-refractivity contribution >= 4 is 33.4 Å². The number of amides is 2. The van der Waals surface area contributed by atoms with Gasteiger partial charge in [0.15, 0.2) is 0 Å². The molecule has 0 aliphatic carbocycles. The van der Waals surface area contributed by atoms with E-state index < -0.39 is 6.04 Å². The summed E-state index contributed by atoms with van der Waals surface area (Å²) in [7, 11) is 0. The number of carbonyl (C=O) groups is 2. The predicted molar refractivity (Wildman–Crippen MR) is 126 cm³/mol. The minimum absolute atomic E-state index is 0.0912. The van der Waals surface area contributed by atoms with E-state index >= 15 is 0 Å². The van der Waals surface area contributed by atoms with E-state index in [1.165, 1.54) is 0 Å². The summed E-state index contributed by atoms with van der Waals surface area (Å²) in [6.45, 7) is 3.78. The summed E-state index contributed by atoms with van der Waals surface area (Å²) in [5.74, 6) is 5.38. The smallest absolute Gasteiger partial charge is 0.251 e. The predicted octanol–water partition coefficient (Wildman–Crippen LogP) is 4.64. The van der Waals surface area contributed by atoms with Gasteiger partial charge in [-0.15, -0.1) is 0 Å². The highest BCUT2D eigenvalue weighted by atomic mass is 79.9. The van der Waals surface area contributed by atoms with Crippen LogP contribution in [0.5, 0.6) is 0 Å². The highest BCUT2D eigenvalue weighted by Crippen LogP contribution is 2.14. The molecule has 0 aliphatic rings. The molecule has 1 atom stereocenters. The van der Waals surface area contributed by atoms with Crippen LogP contribution < -0.4 is 10.6 Å². The molecule has 3 aromatic rings. The van der Waals surface area contributed by atoms with Gasteiger partial charge in [0.05, 0.1) is 0 Å². The summed E-state index contributed by atoms with van der Waals surface area (Å²) in [6, 6.07) is 19.1. The van der Waals surface area contributed by atoms with Gasteiger partial charge in [0.1, 0.15) is 11.7 Å². The van der Waals surface area contributed by atoms with Crippen LogP contribution in [0.3, 0.4) is 0 Å². The third-order valence-electron chi connectivity index (χ3n) is 4.47. The van der Waals surface area contributed by atoms with Gasteiger partial charge in [-0.25, -0.2) is 4.98 Å². The fraction of sp³-hybridized carbons (Fsp3) is 0.160. The Labute approximate surface area is 190 Å². The van der Waals surface area contributed by atoms with E-state index in [0.29, 0.717) is 16.9 Å². The van der Waals surface area contributed by atoms with Gasteiger partial charge in [-0.05, 0) is 66.4 Å². The van der Waals surface area contributed by atoms with E-state index in [1.54, 1.807) is 42.6 Å². The number of rotatable bonds is 5. The van der Waals surface area contributed by atoms with Crippen molar-refractivity contribution in [3.63, 3.8) is 0 Å². The molecule has 2 amide bonds. The molecule has 156 valence electrons. The first kappa shape index (κ1) is 22.3. The van der Waals surface area contributed by atoms with Crippen LogP contribution in [0.1, 0.15) is 35.5 Å². The lowest BCUT2D eigenvalue weighted by Gasteiger charge is -2.22. The second-order valence-electron chi connectivity index (χ2n) is 7.24. The maximum atomic E-state index is 12.9. The molecule has 0 aliphatic heterocycles. The van der Waals surface area contributed by atoms with Gasteiger partial charge in [0.25, 0.3) is 5.91 Å². The van der Waals surface area contributed by atoms with Crippen LogP contribution in [0.25, 0.3) is 0 Å². The second kappa shape index (κ2) is 10.6. The lowest BCUT2D eigenvalue weighted by molar-refractivity contribution is -0.118. The third kappa shape index (κ3) is 6.53. The first-order valence-electron chi connectivity index (χ1n) is 9.83. The van der Waals surface area contributed by atoms with E-state index in [-0.39, 0.29) is 17.7 Å². The van der Waals surface area contributed by atoms with Gasteiger partial charge in [-0.1, -0.05) is 47.8 Å². The van der Waals surface area contributed by atoms with E-state index in [1.807, 2.05) is 44.2 Å². The molecule has 3 rings (SSSR count). The number of hydrogen-bond acceptors (Lipinski definition) is 3. The number of aromatic nitrogens is 1. The molecular weight excluding hydrogens is 454 g/mol. The number of nitrogens with zero attached hydrogens (tertiary/aromatic N) is 1. The van der Waals surface area contributed by atoms with Crippen molar-refractivity contribution < 1.29 is 9.59 Å². The zero-order valence-electron chi connectivity index (χ0n) is 17.2. The van der Waals surface area contributed by atoms with Crippen molar-refractivity contribution in [1.29, 1.82) is 0 Å². The Morgan fingerprint density at radius 3 is 2.42 bits per heavy atom. The molecule has 0 fully saturated rings. The topological polar surface area (TPSA) is 71.1 Å². The van der Waals surface area contributed by atoms with E-state index in [4.69, 9.17) is 0 Å². The monoisotopic (exact) mass is 475 g/mol. The number of halogens is 1. The largest absolute Gasteiger partial charge is 0.340 e. The molecular formula is C25H22BrN3O2. The lowest BCUT2D eigenvalue weighted by Crippen LogP contribution is -2.47. The highest BCUT2D eigenvalue weighted by molar-refractivity contribution is 9.10.